The SMILES string of the molecule is CCO[C@H]1CC[C@@H](c2ccccc2)NO1. The molecule has 82 valence electrons. The van der Waals surface area contributed by atoms with E-state index in [-0.39, 0.29) is 6.29 Å². The first-order valence-electron chi connectivity index (χ1n) is 5.48. The highest BCUT2D eigenvalue weighted by Gasteiger charge is 2.22. The summed E-state index contributed by atoms with van der Waals surface area (Å²) in [6.45, 7) is 2.68. The Hall–Kier alpha value is -0.900. The summed E-state index contributed by atoms with van der Waals surface area (Å²) in [6, 6.07) is 10.6. The molecular weight excluding hydrogens is 190 g/mol. The van der Waals surface area contributed by atoms with Gasteiger partial charge in [-0.1, -0.05) is 30.3 Å². The van der Waals surface area contributed by atoms with Gasteiger partial charge < -0.3 is 4.74 Å². The summed E-state index contributed by atoms with van der Waals surface area (Å²) in [6.07, 6.45) is 1.91. The van der Waals surface area contributed by atoms with E-state index < -0.39 is 0 Å². The van der Waals surface area contributed by atoms with E-state index in [1.807, 2.05) is 25.1 Å². The maximum absolute atomic E-state index is 5.41. The summed E-state index contributed by atoms with van der Waals surface area (Å²) >= 11 is 0. The molecule has 0 spiro atoms. The summed E-state index contributed by atoms with van der Waals surface area (Å²) in [5.41, 5.74) is 4.32. The molecular formula is C12H17NO2. The molecule has 0 unspecified atom stereocenters. The lowest BCUT2D eigenvalue weighted by Crippen LogP contribution is -2.35. The van der Waals surface area contributed by atoms with Gasteiger partial charge in [-0.15, -0.1) is 0 Å². The van der Waals surface area contributed by atoms with Crippen LogP contribution >= 0.6 is 0 Å². The Kier molecular flexibility index (Phi) is 3.72. The van der Waals surface area contributed by atoms with Crippen molar-refractivity contribution in [3.05, 3.63) is 35.9 Å². The molecule has 1 aromatic carbocycles. The highest BCUT2D eigenvalue weighted by atomic mass is 16.8. The molecule has 0 aromatic heterocycles. The highest BCUT2D eigenvalue weighted by Crippen LogP contribution is 2.24. The topological polar surface area (TPSA) is 30.5 Å². The summed E-state index contributed by atoms with van der Waals surface area (Å²) < 4.78 is 5.38. The molecule has 1 aliphatic rings. The molecule has 0 saturated carbocycles. The second kappa shape index (κ2) is 5.26. The van der Waals surface area contributed by atoms with Crippen molar-refractivity contribution in [2.45, 2.75) is 32.1 Å². The van der Waals surface area contributed by atoms with Crippen molar-refractivity contribution >= 4 is 0 Å². The Labute approximate surface area is 90.3 Å². The minimum absolute atomic E-state index is 0.0880. The first kappa shape index (κ1) is 10.6. The maximum Gasteiger partial charge on any atom is 0.177 e. The number of benzene rings is 1. The molecule has 1 fully saturated rings. The monoisotopic (exact) mass is 207 g/mol. The minimum atomic E-state index is -0.0880. The zero-order valence-electron chi connectivity index (χ0n) is 8.98. The predicted octanol–water partition coefficient (Wildman–Crippen LogP) is 2.41. The molecule has 0 aliphatic carbocycles. The zero-order chi connectivity index (χ0) is 10.5. The molecule has 0 radical (unpaired) electrons. The Balaban J connectivity index is 1.88. The van der Waals surface area contributed by atoms with Crippen LogP contribution in [0.2, 0.25) is 0 Å². The van der Waals surface area contributed by atoms with Crippen LogP contribution in [0.15, 0.2) is 30.3 Å². The van der Waals surface area contributed by atoms with E-state index in [2.05, 4.69) is 17.6 Å². The molecule has 1 heterocycles. The minimum Gasteiger partial charge on any atom is -0.351 e. The molecule has 1 N–H and O–H groups in total. The van der Waals surface area contributed by atoms with Crippen molar-refractivity contribution < 1.29 is 9.57 Å². The lowest BCUT2D eigenvalue weighted by molar-refractivity contribution is -0.210. The van der Waals surface area contributed by atoms with Crippen molar-refractivity contribution in [2.24, 2.45) is 0 Å². The lowest BCUT2D eigenvalue weighted by atomic mass is 10.0. The average Bonchev–Trinajstić information content (AvgIpc) is 2.32. The number of nitrogens with one attached hydrogen (secondary N) is 1. The Morgan fingerprint density at radius 3 is 2.73 bits per heavy atom. The molecule has 2 atom stereocenters. The summed E-state index contributed by atoms with van der Waals surface area (Å²) in [5, 5.41) is 0. The van der Waals surface area contributed by atoms with E-state index in [0.717, 1.165) is 12.8 Å². The zero-order valence-corrected chi connectivity index (χ0v) is 8.98. The van der Waals surface area contributed by atoms with E-state index in [1.54, 1.807) is 0 Å². The molecule has 1 saturated heterocycles. The van der Waals surface area contributed by atoms with Gasteiger partial charge in [-0.05, 0) is 18.9 Å². The van der Waals surface area contributed by atoms with Crippen LogP contribution in [0.3, 0.4) is 0 Å². The smallest absolute Gasteiger partial charge is 0.177 e. The highest BCUT2D eigenvalue weighted by molar-refractivity contribution is 5.18. The number of rotatable bonds is 3. The van der Waals surface area contributed by atoms with Crippen molar-refractivity contribution in [1.82, 2.24) is 5.48 Å². The van der Waals surface area contributed by atoms with Crippen LogP contribution in [-0.4, -0.2) is 12.9 Å². The molecule has 1 aliphatic heterocycles. The Morgan fingerprint density at radius 2 is 2.13 bits per heavy atom. The fraction of sp³-hybridized carbons (Fsp3) is 0.500. The van der Waals surface area contributed by atoms with Gasteiger partial charge in [0, 0.05) is 13.0 Å². The lowest BCUT2D eigenvalue weighted by Gasteiger charge is -2.29. The fourth-order valence-electron chi connectivity index (χ4n) is 1.80. The summed E-state index contributed by atoms with van der Waals surface area (Å²) in [5.74, 6) is 0. The first-order chi connectivity index (χ1) is 7.40. The number of hydrogen-bond acceptors (Lipinski definition) is 3. The van der Waals surface area contributed by atoms with Crippen LogP contribution in [0.5, 0.6) is 0 Å². The van der Waals surface area contributed by atoms with Crippen LogP contribution < -0.4 is 5.48 Å². The van der Waals surface area contributed by atoms with Gasteiger partial charge in [0.05, 0.1) is 6.04 Å². The van der Waals surface area contributed by atoms with E-state index in [1.165, 1.54) is 5.56 Å². The molecule has 3 nitrogen and oxygen atoms in total. The van der Waals surface area contributed by atoms with Crippen LogP contribution in [0.1, 0.15) is 31.4 Å². The number of hydrogen-bond donors (Lipinski definition) is 1. The summed E-state index contributed by atoms with van der Waals surface area (Å²) in [4.78, 5) is 5.41. The van der Waals surface area contributed by atoms with Gasteiger partial charge >= 0.3 is 0 Å². The molecule has 0 bridgehead atoms. The van der Waals surface area contributed by atoms with Crippen molar-refractivity contribution in [1.29, 1.82) is 0 Å². The van der Waals surface area contributed by atoms with Gasteiger partial charge in [0.1, 0.15) is 0 Å². The Morgan fingerprint density at radius 1 is 1.33 bits per heavy atom. The largest absolute Gasteiger partial charge is 0.351 e. The molecule has 2 rings (SSSR count). The quantitative estimate of drug-likeness (QED) is 0.825. The van der Waals surface area contributed by atoms with Crippen LogP contribution in [-0.2, 0) is 9.57 Å². The van der Waals surface area contributed by atoms with Gasteiger partial charge in [0.25, 0.3) is 0 Å². The third-order valence-corrected chi connectivity index (χ3v) is 2.59. The second-order valence-corrected chi connectivity index (χ2v) is 3.66. The van der Waals surface area contributed by atoms with Gasteiger partial charge in [0.15, 0.2) is 6.29 Å². The van der Waals surface area contributed by atoms with Gasteiger partial charge in [-0.3, -0.25) is 4.84 Å². The van der Waals surface area contributed by atoms with Gasteiger partial charge in [0.2, 0.25) is 0 Å². The molecule has 15 heavy (non-hydrogen) atoms. The van der Waals surface area contributed by atoms with Gasteiger partial charge in [-0.2, -0.15) is 5.48 Å². The van der Waals surface area contributed by atoms with E-state index >= 15 is 0 Å². The van der Waals surface area contributed by atoms with Crippen molar-refractivity contribution in [3.63, 3.8) is 0 Å². The van der Waals surface area contributed by atoms with Crippen LogP contribution in [0.4, 0.5) is 0 Å². The van der Waals surface area contributed by atoms with Crippen molar-refractivity contribution in [2.75, 3.05) is 6.61 Å². The van der Waals surface area contributed by atoms with Crippen LogP contribution in [0.25, 0.3) is 0 Å². The third-order valence-electron chi connectivity index (χ3n) is 2.59. The normalized spacial score (nSPS) is 26.5. The molecule has 3 heteroatoms. The summed E-state index contributed by atoms with van der Waals surface area (Å²) in [7, 11) is 0. The van der Waals surface area contributed by atoms with Crippen molar-refractivity contribution in [3.8, 4) is 0 Å². The van der Waals surface area contributed by atoms with E-state index in [9.17, 15) is 0 Å². The third kappa shape index (κ3) is 2.78. The standard InChI is InChI=1S/C12H17NO2/c1-2-14-12-9-8-11(13-15-12)10-6-4-3-5-7-10/h3-7,11-13H,2,8-9H2,1H3/t11-,12+/m0/s1. The number of ether oxygens (including phenoxy) is 1. The van der Waals surface area contributed by atoms with E-state index in [4.69, 9.17) is 9.57 Å². The Bertz CT molecular complexity index is 281. The predicted molar refractivity (Wildman–Crippen MR) is 58.1 cm³/mol. The molecule has 0 amide bonds. The fourth-order valence-corrected chi connectivity index (χ4v) is 1.80. The van der Waals surface area contributed by atoms with Gasteiger partial charge in [-0.25, -0.2) is 0 Å². The van der Waals surface area contributed by atoms with E-state index in [0.29, 0.717) is 12.6 Å². The van der Waals surface area contributed by atoms with Crippen LogP contribution in [0, 0.1) is 0 Å². The molecule has 1 aromatic rings. The average molecular weight is 207 g/mol. The second-order valence-electron chi connectivity index (χ2n) is 3.66. The number of hydroxylamine groups is 1. The first-order valence-corrected chi connectivity index (χ1v) is 5.48. The maximum atomic E-state index is 5.41.